The van der Waals surface area contributed by atoms with Gasteiger partial charge in [-0.05, 0) is 59.9 Å². The number of nitrogen functional groups attached to an aromatic ring is 1. The first-order chi connectivity index (χ1) is 19.3. The summed E-state index contributed by atoms with van der Waals surface area (Å²) in [5.41, 5.74) is 9.76. The minimum atomic E-state index is -0.776. The van der Waals surface area contributed by atoms with Gasteiger partial charge in [0.25, 0.3) is 5.91 Å². The summed E-state index contributed by atoms with van der Waals surface area (Å²) in [7, 11) is 0. The quantitative estimate of drug-likeness (QED) is 0.379. The van der Waals surface area contributed by atoms with E-state index in [1.54, 1.807) is 19.9 Å². The fourth-order valence-corrected chi connectivity index (χ4v) is 5.27. The van der Waals surface area contributed by atoms with Crippen molar-refractivity contribution in [2.75, 3.05) is 24.3 Å². The fraction of sp³-hybridized carbons (Fsp3) is 0.276. The topological polar surface area (TPSA) is 143 Å². The molecule has 11 nitrogen and oxygen atoms in total. The minimum Gasteiger partial charge on any atom is -0.493 e. The molecule has 0 aliphatic carbocycles. The number of nitrogens with two attached hydrogens (primary N) is 1. The number of rotatable bonds is 6. The first kappa shape index (κ1) is 25.4. The monoisotopic (exact) mass is 540 g/mol. The third-order valence-corrected chi connectivity index (χ3v) is 7.16. The van der Waals surface area contributed by atoms with E-state index in [4.69, 9.17) is 15.2 Å². The molecule has 0 radical (unpaired) electrons. The first-order valence-corrected chi connectivity index (χ1v) is 13.0. The van der Waals surface area contributed by atoms with Gasteiger partial charge in [0.15, 0.2) is 0 Å². The summed E-state index contributed by atoms with van der Waals surface area (Å²) < 4.78 is 13.5. The lowest BCUT2D eigenvalue weighted by atomic mass is 10.1. The Balaban J connectivity index is 1.41. The Morgan fingerprint density at radius 3 is 2.10 bits per heavy atom. The van der Waals surface area contributed by atoms with E-state index in [1.165, 1.54) is 4.57 Å². The highest BCUT2D eigenvalue weighted by atomic mass is 16.5. The summed E-state index contributed by atoms with van der Waals surface area (Å²) in [6.07, 6.45) is 1.53. The van der Waals surface area contributed by atoms with Crippen LogP contribution in [0.15, 0.2) is 52.1 Å². The number of amides is 1. The standard InChI is InChI=1S/C29H28N6O5/c1-16-11-17(2)31-25(30)24(16)26(36)32-27-33-28(37)35(15-19-4-6-23-21(13-19)8-10-40-23)29(38)34(27)14-18-3-5-22-20(12-18)7-9-39-22/h3-6,11-13H,7-10,14-15H2,1-2H3,(H2,30,31)(H,32,33,36,37). The average molecular weight is 541 g/mol. The van der Waals surface area contributed by atoms with E-state index in [9.17, 15) is 14.4 Å². The summed E-state index contributed by atoms with van der Waals surface area (Å²) in [6.45, 7) is 4.83. The van der Waals surface area contributed by atoms with E-state index in [2.05, 4.69) is 15.3 Å². The second-order valence-electron chi connectivity index (χ2n) is 10.0. The molecular formula is C29H28N6O5. The average Bonchev–Trinajstić information content (AvgIpc) is 3.57. The molecule has 0 bridgehead atoms. The number of carbonyl (C=O) groups is 1. The molecule has 2 aromatic carbocycles. The number of fused-ring (bicyclic) bond motifs is 2. The maximum Gasteiger partial charge on any atom is 0.355 e. The SMILES string of the molecule is Cc1cc(C)c(C(=O)Nc2nc(=O)n(Cc3ccc4c(c3)CCO4)c(=O)n2Cc2ccc3c(c2)CCO3)c(N)n1. The van der Waals surface area contributed by atoms with Crippen LogP contribution in [0.2, 0.25) is 0 Å². The number of hydrogen-bond donors (Lipinski definition) is 2. The molecule has 0 atom stereocenters. The van der Waals surface area contributed by atoms with Crippen LogP contribution >= 0.6 is 0 Å². The maximum absolute atomic E-state index is 13.8. The number of nitrogens with one attached hydrogen (secondary N) is 1. The van der Waals surface area contributed by atoms with Crippen LogP contribution in [-0.2, 0) is 25.9 Å². The molecule has 6 rings (SSSR count). The summed E-state index contributed by atoms with van der Waals surface area (Å²) >= 11 is 0. The van der Waals surface area contributed by atoms with Crippen molar-refractivity contribution in [2.45, 2.75) is 39.8 Å². The molecule has 4 aromatic rings. The van der Waals surface area contributed by atoms with E-state index >= 15 is 0 Å². The predicted octanol–water partition coefficient (Wildman–Crippen LogP) is 2.22. The van der Waals surface area contributed by atoms with Crippen LogP contribution in [-0.4, -0.2) is 38.2 Å². The molecule has 11 heteroatoms. The second kappa shape index (κ2) is 9.99. The number of hydrogen-bond acceptors (Lipinski definition) is 8. The molecule has 0 saturated heterocycles. The minimum absolute atomic E-state index is 0.0259. The third-order valence-electron chi connectivity index (χ3n) is 7.16. The Kier molecular flexibility index (Phi) is 6.33. The Hall–Kier alpha value is -4.93. The first-order valence-electron chi connectivity index (χ1n) is 13.0. The Morgan fingerprint density at radius 1 is 0.900 bits per heavy atom. The molecule has 40 heavy (non-hydrogen) atoms. The van der Waals surface area contributed by atoms with Gasteiger partial charge in [-0.3, -0.25) is 14.7 Å². The summed E-state index contributed by atoms with van der Waals surface area (Å²) in [4.78, 5) is 48.6. The molecule has 4 heterocycles. The normalized spacial score (nSPS) is 13.3. The van der Waals surface area contributed by atoms with Crippen molar-refractivity contribution < 1.29 is 14.3 Å². The zero-order valence-corrected chi connectivity index (χ0v) is 22.2. The highest BCUT2D eigenvalue weighted by molar-refractivity contribution is 6.07. The molecule has 3 N–H and O–H groups in total. The molecule has 0 spiro atoms. The molecule has 2 aromatic heterocycles. The number of nitrogens with zero attached hydrogens (tertiary/aromatic N) is 4. The van der Waals surface area contributed by atoms with Crippen molar-refractivity contribution in [1.82, 2.24) is 19.1 Å². The van der Waals surface area contributed by atoms with Gasteiger partial charge >= 0.3 is 11.4 Å². The van der Waals surface area contributed by atoms with Gasteiger partial charge in [-0.1, -0.05) is 24.3 Å². The second-order valence-corrected chi connectivity index (χ2v) is 10.0. The number of aromatic nitrogens is 4. The zero-order chi connectivity index (χ0) is 28.0. The van der Waals surface area contributed by atoms with Gasteiger partial charge in [0, 0.05) is 18.5 Å². The predicted molar refractivity (Wildman–Crippen MR) is 148 cm³/mol. The summed E-state index contributed by atoms with van der Waals surface area (Å²) in [5.74, 6) is 0.893. The maximum atomic E-state index is 13.8. The number of carbonyl (C=O) groups excluding carboxylic acids is 1. The van der Waals surface area contributed by atoms with Crippen LogP contribution in [0.1, 0.15) is 43.9 Å². The highest BCUT2D eigenvalue weighted by Gasteiger charge is 2.22. The van der Waals surface area contributed by atoms with E-state index in [0.717, 1.165) is 51.2 Å². The lowest BCUT2D eigenvalue weighted by Gasteiger charge is -2.16. The van der Waals surface area contributed by atoms with Crippen LogP contribution in [0.5, 0.6) is 11.5 Å². The van der Waals surface area contributed by atoms with Crippen molar-refractivity contribution in [3.63, 3.8) is 0 Å². The summed E-state index contributed by atoms with van der Waals surface area (Å²) in [6, 6.07) is 13.0. The van der Waals surface area contributed by atoms with Crippen LogP contribution in [0, 0.1) is 13.8 Å². The van der Waals surface area contributed by atoms with Gasteiger partial charge in [-0.2, -0.15) is 4.98 Å². The Bertz CT molecular complexity index is 1770. The number of aryl methyl sites for hydroxylation is 2. The van der Waals surface area contributed by atoms with E-state index in [1.807, 2.05) is 36.4 Å². The molecule has 0 saturated carbocycles. The molecule has 2 aliphatic rings. The van der Waals surface area contributed by atoms with Crippen LogP contribution in [0.4, 0.5) is 11.8 Å². The smallest absolute Gasteiger partial charge is 0.355 e. The van der Waals surface area contributed by atoms with Crippen LogP contribution < -0.4 is 31.9 Å². The highest BCUT2D eigenvalue weighted by Crippen LogP contribution is 2.27. The number of anilines is 2. The third kappa shape index (κ3) is 4.70. The van der Waals surface area contributed by atoms with Crippen molar-refractivity contribution in [3.8, 4) is 11.5 Å². The largest absolute Gasteiger partial charge is 0.493 e. The summed E-state index contributed by atoms with van der Waals surface area (Å²) in [5, 5.41) is 2.65. The van der Waals surface area contributed by atoms with Crippen molar-refractivity contribution in [1.29, 1.82) is 0 Å². The zero-order valence-electron chi connectivity index (χ0n) is 22.2. The fourth-order valence-electron chi connectivity index (χ4n) is 5.27. The van der Waals surface area contributed by atoms with Crippen LogP contribution in [0.3, 0.4) is 0 Å². The molecule has 0 fully saturated rings. The number of pyridine rings is 1. The van der Waals surface area contributed by atoms with Gasteiger partial charge in [0.05, 0.1) is 31.9 Å². The van der Waals surface area contributed by atoms with Crippen molar-refractivity contribution in [2.24, 2.45) is 0 Å². The van der Waals surface area contributed by atoms with E-state index in [-0.39, 0.29) is 30.4 Å². The van der Waals surface area contributed by atoms with Gasteiger partial charge in [-0.15, -0.1) is 0 Å². The van der Waals surface area contributed by atoms with Gasteiger partial charge in [0.1, 0.15) is 17.3 Å². The molecule has 0 unspecified atom stereocenters. The Labute approximate surface area is 229 Å². The van der Waals surface area contributed by atoms with Gasteiger partial charge in [-0.25, -0.2) is 19.1 Å². The van der Waals surface area contributed by atoms with Crippen LogP contribution in [0.25, 0.3) is 0 Å². The Morgan fingerprint density at radius 2 is 1.50 bits per heavy atom. The molecule has 2 aliphatic heterocycles. The number of ether oxygens (including phenoxy) is 2. The van der Waals surface area contributed by atoms with Gasteiger partial charge in [0.2, 0.25) is 5.95 Å². The van der Waals surface area contributed by atoms with E-state index in [0.29, 0.717) is 24.5 Å². The molecule has 1 amide bonds. The molecular weight excluding hydrogens is 512 g/mol. The van der Waals surface area contributed by atoms with Gasteiger partial charge < -0.3 is 15.2 Å². The van der Waals surface area contributed by atoms with Crippen molar-refractivity contribution in [3.05, 3.63) is 103 Å². The lowest BCUT2D eigenvalue weighted by molar-refractivity contribution is 0.102. The van der Waals surface area contributed by atoms with E-state index < -0.39 is 17.3 Å². The molecule has 204 valence electrons. The number of benzene rings is 2. The van der Waals surface area contributed by atoms with Crippen molar-refractivity contribution >= 4 is 17.7 Å². The lowest BCUT2D eigenvalue weighted by Crippen LogP contribution is -2.43.